The monoisotopic (exact) mass is 309 g/mol. The second-order valence-corrected chi connectivity index (χ2v) is 6.45. The van der Waals surface area contributed by atoms with Crippen LogP contribution < -0.4 is 5.32 Å². The van der Waals surface area contributed by atoms with Crippen LogP contribution in [0.1, 0.15) is 35.5 Å². The van der Waals surface area contributed by atoms with Gasteiger partial charge in [-0.05, 0) is 35.6 Å². The largest absolute Gasteiger partial charge is 0.385 e. The molecule has 0 fully saturated rings. The molecule has 0 bridgehead atoms. The van der Waals surface area contributed by atoms with E-state index in [4.69, 9.17) is 0 Å². The van der Waals surface area contributed by atoms with E-state index in [-0.39, 0.29) is 5.91 Å². The SMILES string of the molecule is CC(C)CNc1ccnc(C(=O)N2CCc3ccccc3C2)c1. The molecule has 0 radical (unpaired) electrons. The van der Waals surface area contributed by atoms with Gasteiger partial charge in [0.2, 0.25) is 0 Å². The Morgan fingerprint density at radius 1 is 1.26 bits per heavy atom. The molecular formula is C19H23N3O. The van der Waals surface area contributed by atoms with Crippen LogP contribution in [0.5, 0.6) is 0 Å². The van der Waals surface area contributed by atoms with Gasteiger partial charge < -0.3 is 10.2 Å². The standard InChI is InChI=1S/C19H23N3O/c1-14(2)12-21-17-7-9-20-18(11-17)19(23)22-10-8-15-5-3-4-6-16(15)13-22/h3-7,9,11,14H,8,10,12-13H2,1-2H3,(H,20,21). The molecule has 0 saturated heterocycles. The minimum absolute atomic E-state index is 0.00713. The molecule has 2 aromatic rings. The van der Waals surface area contributed by atoms with Crippen molar-refractivity contribution in [2.45, 2.75) is 26.8 Å². The van der Waals surface area contributed by atoms with Gasteiger partial charge >= 0.3 is 0 Å². The van der Waals surface area contributed by atoms with Gasteiger partial charge in [-0.15, -0.1) is 0 Å². The van der Waals surface area contributed by atoms with E-state index in [1.54, 1.807) is 6.20 Å². The van der Waals surface area contributed by atoms with E-state index in [9.17, 15) is 4.79 Å². The van der Waals surface area contributed by atoms with Crippen molar-refractivity contribution in [3.05, 3.63) is 59.4 Å². The summed E-state index contributed by atoms with van der Waals surface area (Å²) < 4.78 is 0. The Balaban J connectivity index is 1.72. The molecule has 0 spiro atoms. The molecule has 1 amide bonds. The first-order valence-electron chi connectivity index (χ1n) is 8.19. The molecule has 23 heavy (non-hydrogen) atoms. The first-order valence-corrected chi connectivity index (χ1v) is 8.19. The van der Waals surface area contributed by atoms with Crippen LogP contribution in [0.25, 0.3) is 0 Å². The number of carbonyl (C=O) groups excluding carboxylic acids is 1. The zero-order valence-corrected chi connectivity index (χ0v) is 13.7. The molecule has 3 rings (SSSR count). The Bertz CT molecular complexity index is 697. The van der Waals surface area contributed by atoms with E-state index in [1.807, 2.05) is 23.1 Å². The summed E-state index contributed by atoms with van der Waals surface area (Å²) in [4.78, 5) is 18.9. The van der Waals surface area contributed by atoms with Gasteiger partial charge in [-0.3, -0.25) is 9.78 Å². The summed E-state index contributed by atoms with van der Waals surface area (Å²) in [6.07, 6.45) is 2.61. The summed E-state index contributed by atoms with van der Waals surface area (Å²) in [6.45, 7) is 6.62. The lowest BCUT2D eigenvalue weighted by Crippen LogP contribution is -2.36. The predicted molar refractivity (Wildman–Crippen MR) is 92.5 cm³/mol. The molecule has 0 unspecified atom stereocenters. The molecule has 4 nitrogen and oxygen atoms in total. The highest BCUT2D eigenvalue weighted by Crippen LogP contribution is 2.20. The topological polar surface area (TPSA) is 45.2 Å². The molecule has 120 valence electrons. The number of fused-ring (bicyclic) bond motifs is 1. The highest BCUT2D eigenvalue weighted by atomic mass is 16.2. The van der Waals surface area contributed by atoms with Crippen LogP contribution in [-0.2, 0) is 13.0 Å². The van der Waals surface area contributed by atoms with Crippen molar-refractivity contribution < 1.29 is 4.79 Å². The minimum atomic E-state index is 0.00713. The van der Waals surface area contributed by atoms with Crippen LogP contribution in [0.3, 0.4) is 0 Å². The number of aromatic nitrogens is 1. The Kier molecular flexibility index (Phi) is 4.60. The fourth-order valence-electron chi connectivity index (χ4n) is 2.81. The van der Waals surface area contributed by atoms with E-state index in [0.29, 0.717) is 18.2 Å². The van der Waals surface area contributed by atoms with Gasteiger partial charge in [-0.25, -0.2) is 0 Å². The lowest BCUT2D eigenvalue weighted by molar-refractivity contribution is 0.0729. The number of benzene rings is 1. The van der Waals surface area contributed by atoms with Gasteiger partial charge in [-0.2, -0.15) is 0 Å². The van der Waals surface area contributed by atoms with Crippen molar-refractivity contribution in [1.29, 1.82) is 0 Å². The normalized spacial score (nSPS) is 13.8. The van der Waals surface area contributed by atoms with Crippen LogP contribution >= 0.6 is 0 Å². The molecule has 1 aromatic heterocycles. The highest BCUT2D eigenvalue weighted by Gasteiger charge is 2.22. The van der Waals surface area contributed by atoms with E-state index in [1.165, 1.54) is 11.1 Å². The van der Waals surface area contributed by atoms with E-state index in [2.05, 4.69) is 42.3 Å². The molecule has 1 N–H and O–H groups in total. The summed E-state index contributed by atoms with van der Waals surface area (Å²) in [5.41, 5.74) is 4.05. The van der Waals surface area contributed by atoms with E-state index >= 15 is 0 Å². The Morgan fingerprint density at radius 2 is 2.04 bits per heavy atom. The van der Waals surface area contributed by atoms with E-state index in [0.717, 1.165) is 25.2 Å². The van der Waals surface area contributed by atoms with Gasteiger partial charge in [0.15, 0.2) is 0 Å². The molecule has 0 aliphatic carbocycles. The van der Waals surface area contributed by atoms with Crippen molar-refractivity contribution in [1.82, 2.24) is 9.88 Å². The van der Waals surface area contributed by atoms with Crippen molar-refractivity contribution in [2.24, 2.45) is 5.92 Å². The Hall–Kier alpha value is -2.36. The Morgan fingerprint density at radius 3 is 2.83 bits per heavy atom. The lowest BCUT2D eigenvalue weighted by atomic mass is 10.00. The number of pyridine rings is 1. The third-order valence-electron chi connectivity index (χ3n) is 4.11. The number of amides is 1. The number of carbonyl (C=O) groups is 1. The quantitative estimate of drug-likeness (QED) is 0.942. The molecule has 1 aromatic carbocycles. The molecule has 1 aliphatic rings. The number of anilines is 1. The maximum absolute atomic E-state index is 12.7. The van der Waals surface area contributed by atoms with Crippen LogP contribution in [0.4, 0.5) is 5.69 Å². The van der Waals surface area contributed by atoms with Gasteiger partial charge in [-0.1, -0.05) is 38.1 Å². The molecule has 1 aliphatic heterocycles. The van der Waals surface area contributed by atoms with Crippen molar-refractivity contribution in [3.63, 3.8) is 0 Å². The number of nitrogens with one attached hydrogen (secondary N) is 1. The molecule has 4 heteroatoms. The van der Waals surface area contributed by atoms with Gasteiger partial charge in [0.1, 0.15) is 5.69 Å². The highest BCUT2D eigenvalue weighted by molar-refractivity contribution is 5.93. The number of nitrogens with zero attached hydrogens (tertiary/aromatic N) is 2. The minimum Gasteiger partial charge on any atom is -0.385 e. The number of hydrogen-bond acceptors (Lipinski definition) is 3. The van der Waals surface area contributed by atoms with Crippen molar-refractivity contribution >= 4 is 11.6 Å². The first-order chi connectivity index (χ1) is 11.1. The average Bonchev–Trinajstić information content (AvgIpc) is 2.59. The lowest BCUT2D eigenvalue weighted by Gasteiger charge is -2.28. The van der Waals surface area contributed by atoms with Gasteiger partial charge in [0, 0.05) is 31.5 Å². The van der Waals surface area contributed by atoms with Crippen LogP contribution in [0.15, 0.2) is 42.6 Å². The fourth-order valence-corrected chi connectivity index (χ4v) is 2.81. The first kappa shape index (κ1) is 15.5. The maximum Gasteiger partial charge on any atom is 0.272 e. The van der Waals surface area contributed by atoms with Crippen LogP contribution in [-0.4, -0.2) is 28.9 Å². The smallest absolute Gasteiger partial charge is 0.272 e. The fraction of sp³-hybridized carbons (Fsp3) is 0.368. The van der Waals surface area contributed by atoms with Crippen LogP contribution in [0, 0.1) is 5.92 Å². The van der Waals surface area contributed by atoms with Crippen LogP contribution in [0.2, 0.25) is 0 Å². The molecular weight excluding hydrogens is 286 g/mol. The van der Waals surface area contributed by atoms with Crippen molar-refractivity contribution in [3.8, 4) is 0 Å². The third kappa shape index (κ3) is 3.70. The zero-order chi connectivity index (χ0) is 16.2. The van der Waals surface area contributed by atoms with Gasteiger partial charge in [0.05, 0.1) is 0 Å². The van der Waals surface area contributed by atoms with E-state index < -0.39 is 0 Å². The Labute approximate surface area is 137 Å². The van der Waals surface area contributed by atoms with Crippen molar-refractivity contribution in [2.75, 3.05) is 18.4 Å². The van der Waals surface area contributed by atoms with Gasteiger partial charge in [0.25, 0.3) is 5.91 Å². The summed E-state index contributed by atoms with van der Waals surface area (Å²) >= 11 is 0. The molecule has 0 atom stereocenters. The summed E-state index contributed by atoms with van der Waals surface area (Å²) in [6, 6.07) is 12.1. The predicted octanol–water partition coefficient (Wildman–Crippen LogP) is 3.35. The second-order valence-electron chi connectivity index (χ2n) is 6.45. The second kappa shape index (κ2) is 6.82. The number of rotatable bonds is 4. The zero-order valence-electron chi connectivity index (χ0n) is 13.7. The molecule has 2 heterocycles. The number of hydrogen-bond donors (Lipinski definition) is 1. The summed E-state index contributed by atoms with van der Waals surface area (Å²) in [7, 11) is 0. The summed E-state index contributed by atoms with van der Waals surface area (Å²) in [5, 5.41) is 3.35. The maximum atomic E-state index is 12.7. The third-order valence-corrected chi connectivity index (χ3v) is 4.11. The molecule has 0 saturated carbocycles. The summed E-state index contributed by atoms with van der Waals surface area (Å²) in [5.74, 6) is 0.564. The average molecular weight is 309 g/mol.